The van der Waals surface area contributed by atoms with Crippen LogP contribution in [0.25, 0.3) is 11.0 Å². The third kappa shape index (κ3) is 2.55. The molecule has 1 aliphatic heterocycles. The number of benzene rings is 1. The van der Waals surface area contributed by atoms with Crippen molar-refractivity contribution in [1.29, 1.82) is 0 Å². The van der Waals surface area contributed by atoms with E-state index in [2.05, 4.69) is 0 Å². The molecule has 1 aliphatic rings. The van der Waals surface area contributed by atoms with Gasteiger partial charge in [-0.05, 0) is 25.5 Å². The highest BCUT2D eigenvalue weighted by Gasteiger charge is 2.31. The lowest BCUT2D eigenvalue weighted by Gasteiger charge is -2.12. The summed E-state index contributed by atoms with van der Waals surface area (Å²) in [5, 5.41) is 0.836. The highest BCUT2D eigenvalue weighted by atomic mass is 32.2. The molecule has 0 aliphatic carbocycles. The van der Waals surface area contributed by atoms with Crippen molar-refractivity contribution in [3.63, 3.8) is 0 Å². The van der Waals surface area contributed by atoms with Gasteiger partial charge in [0.2, 0.25) is 5.78 Å². The van der Waals surface area contributed by atoms with Crippen molar-refractivity contribution in [2.75, 3.05) is 12.4 Å². The van der Waals surface area contributed by atoms with Crippen molar-refractivity contribution in [1.82, 2.24) is 0 Å². The fraction of sp³-hybridized carbons (Fsp3) is 0.400. The summed E-state index contributed by atoms with van der Waals surface area (Å²) < 4.78 is 23.1. The van der Waals surface area contributed by atoms with E-state index in [4.69, 9.17) is 9.15 Å². The predicted molar refractivity (Wildman–Crippen MR) is 77.4 cm³/mol. The number of hydrogen-bond acceptors (Lipinski definition) is 4. The van der Waals surface area contributed by atoms with Gasteiger partial charge in [-0.15, -0.1) is 0 Å². The summed E-state index contributed by atoms with van der Waals surface area (Å²) >= 11 is 0. The number of fused-ring (bicyclic) bond motifs is 1. The van der Waals surface area contributed by atoms with Gasteiger partial charge >= 0.3 is 0 Å². The molecule has 0 spiro atoms. The molecular formula is C15H16O4S. The van der Waals surface area contributed by atoms with Gasteiger partial charge in [0.25, 0.3) is 0 Å². The summed E-state index contributed by atoms with van der Waals surface area (Å²) in [7, 11) is -1.21. The average molecular weight is 292 g/mol. The Morgan fingerprint density at radius 1 is 1.40 bits per heavy atom. The van der Waals surface area contributed by atoms with Crippen molar-refractivity contribution in [2.45, 2.75) is 24.7 Å². The van der Waals surface area contributed by atoms with E-state index in [-0.39, 0.29) is 28.7 Å². The summed E-state index contributed by atoms with van der Waals surface area (Å²) in [6.07, 6.45) is 0.709. The second-order valence-electron chi connectivity index (χ2n) is 5.00. The van der Waals surface area contributed by atoms with Crippen molar-refractivity contribution in [3.05, 3.63) is 36.1 Å². The van der Waals surface area contributed by atoms with Crippen LogP contribution in [0.3, 0.4) is 0 Å². The lowest BCUT2D eigenvalue weighted by Crippen LogP contribution is -2.27. The monoisotopic (exact) mass is 292 g/mol. The van der Waals surface area contributed by atoms with Gasteiger partial charge in [-0.25, -0.2) is 0 Å². The fourth-order valence-electron chi connectivity index (χ4n) is 2.48. The van der Waals surface area contributed by atoms with Gasteiger partial charge in [-0.3, -0.25) is 9.00 Å². The highest BCUT2D eigenvalue weighted by molar-refractivity contribution is 7.86. The first kappa shape index (κ1) is 13.5. The van der Waals surface area contributed by atoms with Crippen LogP contribution >= 0.6 is 0 Å². The van der Waals surface area contributed by atoms with Gasteiger partial charge in [0.15, 0.2) is 5.76 Å². The lowest BCUT2D eigenvalue weighted by atomic mass is 10.2. The molecule has 1 aromatic heterocycles. The molecule has 5 heteroatoms. The summed E-state index contributed by atoms with van der Waals surface area (Å²) in [4.78, 5) is 12.2. The van der Waals surface area contributed by atoms with Crippen LogP contribution in [-0.4, -0.2) is 33.7 Å². The van der Waals surface area contributed by atoms with Gasteiger partial charge in [-0.2, -0.15) is 0 Å². The maximum atomic E-state index is 12.2. The number of para-hydroxylation sites is 1. The standard InChI is InChI=1S/C15H16O4S/c1-10-15(6-7-18-10)20(17)9-12(16)14-8-11-4-2-3-5-13(11)19-14/h2-5,8,10,15H,6-7,9H2,1H3. The van der Waals surface area contributed by atoms with Crippen LogP contribution in [-0.2, 0) is 15.5 Å². The molecule has 0 N–H and O–H groups in total. The molecule has 3 unspecified atom stereocenters. The minimum absolute atomic E-state index is 0.00180. The molecule has 106 valence electrons. The number of rotatable bonds is 4. The molecule has 20 heavy (non-hydrogen) atoms. The molecular weight excluding hydrogens is 276 g/mol. The zero-order valence-electron chi connectivity index (χ0n) is 11.2. The SMILES string of the molecule is CC1OCCC1S(=O)CC(=O)c1cc2ccccc2o1. The van der Waals surface area contributed by atoms with E-state index < -0.39 is 10.8 Å². The van der Waals surface area contributed by atoms with Crippen LogP contribution in [0.5, 0.6) is 0 Å². The Balaban J connectivity index is 1.74. The maximum absolute atomic E-state index is 12.2. The van der Waals surface area contributed by atoms with Crippen LogP contribution in [0.15, 0.2) is 34.7 Å². The number of furan rings is 1. The first-order valence-electron chi connectivity index (χ1n) is 6.65. The first-order valence-corrected chi connectivity index (χ1v) is 8.04. The lowest BCUT2D eigenvalue weighted by molar-refractivity contribution is 0.0993. The van der Waals surface area contributed by atoms with Crippen LogP contribution < -0.4 is 0 Å². The molecule has 0 saturated carbocycles. The van der Waals surface area contributed by atoms with E-state index in [0.717, 1.165) is 11.8 Å². The van der Waals surface area contributed by atoms with Crippen molar-refractivity contribution in [3.8, 4) is 0 Å². The maximum Gasteiger partial charge on any atom is 0.210 e. The van der Waals surface area contributed by atoms with Gasteiger partial charge in [0.05, 0.1) is 17.1 Å². The third-order valence-corrected chi connectivity index (χ3v) is 5.46. The molecule has 3 atom stereocenters. The zero-order valence-corrected chi connectivity index (χ0v) is 12.0. The molecule has 1 aromatic carbocycles. The minimum atomic E-state index is -1.21. The number of carbonyl (C=O) groups is 1. The number of carbonyl (C=O) groups excluding carboxylic acids is 1. The largest absolute Gasteiger partial charge is 0.453 e. The second-order valence-corrected chi connectivity index (χ2v) is 6.66. The fourth-order valence-corrected chi connectivity index (χ4v) is 3.96. The van der Waals surface area contributed by atoms with Gasteiger partial charge in [0, 0.05) is 22.8 Å². The van der Waals surface area contributed by atoms with Crippen molar-refractivity contribution in [2.24, 2.45) is 0 Å². The molecule has 1 fully saturated rings. The van der Waals surface area contributed by atoms with Crippen molar-refractivity contribution < 1.29 is 18.2 Å². The molecule has 0 radical (unpaired) electrons. The van der Waals surface area contributed by atoms with Gasteiger partial charge in [-0.1, -0.05) is 18.2 Å². The summed E-state index contributed by atoms with van der Waals surface area (Å²) in [6, 6.07) is 9.16. The Bertz CT molecular complexity index is 628. The summed E-state index contributed by atoms with van der Waals surface area (Å²) in [6.45, 7) is 2.53. The second kappa shape index (κ2) is 5.50. The van der Waals surface area contributed by atoms with E-state index in [0.29, 0.717) is 12.2 Å². The highest BCUT2D eigenvalue weighted by Crippen LogP contribution is 2.22. The van der Waals surface area contributed by atoms with Gasteiger partial charge < -0.3 is 9.15 Å². The quantitative estimate of drug-likeness (QED) is 0.813. The van der Waals surface area contributed by atoms with E-state index in [1.165, 1.54) is 0 Å². The Morgan fingerprint density at radius 3 is 2.90 bits per heavy atom. The van der Waals surface area contributed by atoms with Gasteiger partial charge in [0.1, 0.15) is 5.58 Å². The smallest absolute Gasteiger partial charge is 0.210 e. The molecule has 1 saturated heterocycles. The average Bonchev–Trinajstić information content (AvgIpc) is 3.04. The number of ketones is 1. The molecule has 2 aromatic rings. The van der Waals surface area contributed by atoms with E-state index in [1.807, 2.05) is 31.2 Å². The van der Waals surface area contributed by atoms with Crippen LogP contribution in [0, 0.1) is 0 Å². The number of ether oxygens (including phenoxy) is 1. The van der Waals surface area contributed by atoms with Crippen LogP contribution in [0.4, 0.5) is 0 Å². The first-order chi connectivity index (χ1) is 9.65. The Labute approximate surface area is 119 Å². The topological polar surface area (TPSA) is 56.5 Å². The van der Waals surface area contributed by atoms with E-state index >= 15 is 0 Å². The normalized spacial score (nSPS) is 24.1. The van der Waals surface area contributed by atoms with Crippen LogP contribution in [0.1, 0.15) is 23.9 Å². The zero-order chi connectivity index (χ0) is 14.1. The van der Waals surface area contributed by atoms with E-state index in [9.17, 15) is 9.00 Å². The third-order valence-electron chi connectivity index (χ3n) is 3.62. The Morgan fingerprint density at radius 2 is 2.20 bits per heavy atom. The molecule has 2 heterocycles. The minimum Gasteiger partial charge on any atom is -0.453 e. The predicted octanol–water partition coefficient (Wildman–Crippen LogP) is 2.54. The summed E-state index contributed by atoms with van der Waals surface area (Å²) in [5.74, 6) is 0.0720. The van der Waals surface area contributed by atoms with E-state index in [1.54, 1.807) is 6.07 Å². The number of Topliss-reactive ketones (excluding diaryl/α,β-unsaturated/α-hetero) is 1. The van der Waals surface area contributed by atoms with Crippen LogP contribution in [0.2, 0.25) is 0 Å². The Kier molecular flexibility index (Phi) is 3.72. The summed E-state index contributed by atoms with van der Waals surface area (Å²) in [5.41, 5.74) is 0.680. The molecule has 0 amide bonds. The molecule has 3 rings (SSSR count). The Hall–Kier alpha value is -1.46. The number of hydrogen-bond donors (Lipinski definition) is 0. The molecule has 0 bridgehead atoms. The van der Waals surface area contributed by atoms with Crippen molar-refractivity contribution >= 4 is 27.6 Å². The molecule has 4 nitrogen and oxygen atoms in total.